The van der Waals surface area contributed by atoms with Gasteiger partial charge in [-0.1, -0.05) is 29.9 Å². The van der Waals surface area contributed by atoms with Crippen LogP contribution in [0.3, 0.4) is 0 Å². The summed E-state index contributed by atoms with van der Waals surface area (Å²) >= 11 is 0. The summed E-state index contributed by atoms with van der Waals surface area (Å²) < 4.78 is 38.6. The van der Waals surface area contributed by atoms with Crippen LogP contribution in [0.4, 0.5) is 0 Å². The van der Waals surface area contributed by atoms with Crippen molar-refractivity contribution in [3.05, 3.63) is 64.8 Å². The Morgan fingerprint density at radius 3 is 2.12 bits per heavy atom. The molecule has 220 valence electrons. The summed E-state index contributed by atoms with van der Waals surface area (Å²) in [5.41, 5.74) is 4.33. The maximum Gasteiger partial charge on any atom is 0.188 e. The van der Waals surface area contributed by atoms with Crippen molar-refractivity contribution in [3.63, 3.8) is 0 Å². The number of rotatable bonds is 18. The van der Waals surface area contributed by atoms with Gasteiger partial charge in [0.1, 0.15) is 34.3 Å². The number of hydrogen-bond acceptors (Lipinski definition) is 8. The minimum Gasteiger partial charge on any atom is -0.496 e. The number of carbonyl (C=O) groups excluding carboxylic acids is 1. The fraction of sp³-hybridized carbons (Fsp3) is 0.469. The third-order valence-electron chi connectivity index (χ3n) is 6.52. The van der Waals surface area contributed by atoms with Crippen molar-refractivity contribution < 1.29 is 38.0 Å². The van der Waals surface area contributed by atoms with Gasteiger partial charge < -0.3 is 33.2 Å². The topological polar surface area (TPSA) is 81.7 Å². The normalized spacial score (nSPS) is 11.4. The smallest absolute Gasteiger partial charge is 0.188 e. The second kappa shape index (κ2) is 16.6. The average Bonchev–Trinajstić information content (AvgIpc) is 2.94. The third-order valence-corrected chi connectivity index (χ3v) is 6.52. The molecule has 2 aromatic carbocycles. The van der Waals surface area contributed by atoms with Gasteiger partial charge in [-0.2, -0.15) is 0 Å². The number of ketones is 1. The van der Waals surface area contributed by atoms with Gasteiger partial charge in [0, 0.05) is 38.3 Å². The Balaban J connectivity index is 2.45. The van der Waals surface area contributed by atoms with Gasteiger partial charge in [-0.15, -0.1) is 0 Å². The van der Waals surface area contributed by atoms with Crippen LogP contribution in [0.1, 0.15) is 55.1 Å². The van der Waals surface area contributed by atoms with Crippen molar-refractivity contribution in [2.75, 3.05) is 49.1 Å². The van der Waals surface area contributed by atoms with Gasteiger partial charge in [-0.05, 0) is 57.6 Å². The molecule has 2 rings (SSSR count). The second-order valence-corrected chi connectivity index (χ2v) is 9.73. The SMILES string of the molecule is C=C(C)C(CC=C(C)C)Cc1c(OC)cc(OC)c(C(=O)CCc2ccc(OCOC)cc2OCOC)c1OC. The Morgan fingerprint density at radius 2 is 1.55 bits per heavy atom. The average molecular weight is 557 g/mol. The minimum atomic E-state index is -0.119. The lowest BCUT2D eigenvalue weighted by Gasteiger charge is -2.23. The summed E-state index contributed by atoms with van der Waals surface area (Å²) in [7, 11) is 7.80. The van der Waals surface area contributed by atoms with Gasteiger partial charge in [0.15, 0.2) is 19.4 Å². The summed E-state index contributed by atoms with van der Waals surface area (Å²) in [5, 5.41) is 0. The van der Waals surface area contributed by atoms with Crippen LogP contribution in [-0.4, -0.2) is 54.9 Å². The Bertz CT molecular complexity index is 1160. The van der Waals surface area contributed by atoms with E-state index in [9.17, 15) is 4.79 Å². The van der Waals surface area contributed by atoms with E-state index < -0.39 is 0 Å². The van der Waals surface area contributed by atoms with E-state index in [0.717, 1.165) is 23.1 Å². The van der Waals surface area contributed by atoms with Gasteiger partial charge in [-0.25, -0.2) is 0 Å². The highest BCUT2D eigenvalue weighted by Gasteiger charge is 2.27. The quantitative estimate of drug-likeness (QED) is 0.116. The monoisotopic (exact) mass is 556 g/mol. The lowest BCUT2D eigenvalue weighted by Crippen LogP contribution is -2.13. The summed E-state index contributed by atoms with van der Waals surface area (Å²) in [5.74, 6) is 2.66. The molecule has 2 aromatic rings. The molecule has 0 radical (unpaired) electrons. The Kier molecular flexibility index (Phi) is 13.6. The number of aryl methyl sites for hydroxylation is 1. The first kappa shape index (κ1) is 32.7. The summed E-state index contributed by atoms with van der Waals surface area (Å²) in [6.45, 7) is 10.6. The fourth-order valence-corrected chi connectivity index (χ4v) is 4.35. The molecular weight excluding hydrogens is 512 g/mol. The number of carbonyl (C=O) groups is 1. The highest BCUT2D eigenvalue weighted by atomic mass is 16.7. The molecule has 0 N–H and O–H groups in total. The number of hydrogen-bond donors (Lipinski definition) is 0. The van der Waals surface area contributed by atoms with Crippen molar-refractivity contribution in [2.24, 2.45) is 5.92 Å². The lowest BCUT2D eigenvalue weighted by atomic mass is 9.87. The molecule has 0 aliphatic heterocycles. The molecule has 0 spiro atoms. The first-order valence-corrected chi connectivity index (χ1v) is 13.2. The maximum atomic E-state index is 13.8. The zero-order chi connectivity index (χ0) is 29.7. The molecule has 40 heavy (non-hydrogen) atoms. The number of allylic oxidation sites excluding steroid dienone is 3. The van der Waals surface area contributed by atoms with Crippen molar-refractivity contribution >= 4 is 5.78 Å². The Hall–Kier alpha value is -3.49. The van der Waals surface area contributed by atoms with Crippen LogP contribution in [0.2, 0.25) is 0 Å². The summed E-state index contributed by atoms with van der Waals surface area (Å²) in [4.78, 5) is 13.8. The standard InChI is InChI=1S/C32H44O8/c1-21(2)10-11-24(22(3)4)16-26-29(36-7)18-30(37-8)31(32(26)38-9)27(33)15-13-23-12-14-25(39-19-34-5)17-28(23)40-20-35-6/h10,12,14,17-18,24H,3,11,13,15-16,19-20H2,1-2,4-9H3. The van der Waals surface area contributed by atoms with Gasteiger partial charge in [0.25, 0.3) is 0 Å². The van der Waals surface area contributed by atoms with Crippen LogP contribution in [0.15, 0.2) is 48.1 Å². The largest absolute Gasteiger partial charge is 0.496 e. The molecule has 0 aliphatic rings. The maximum absolute atomic E-state index is 13.8. The van der Waals surface area contributed by atoms with Crippen LogP contribution in [-0.2, 0) is 22.3 Å². The molecule has 8 nitrogen and oxygen atoms in total. The summed E-state index contributed by atoms with van der Waals surface area (Å²) in [6.07, 6.45) is 4.25. The molecule has 0 saturated carbocycles. The van der Waals surface area contributed by atoms with Gasteiger partial charge in [-0.3, -0.25) is 4.79 Å². The van der Waals surface area contributed by atoms with E-state index in [1.54, 1.807) is 40.6 Å². The predicted molar refractivity (Wildman–Crippen MR) is 156 cm³/mol. The van der Waals surface area contributed by atoms with E-state index in [4.69, 9.17) is 33.2 Å². The van der Waals surface area contributed by atoms with Crippen LogP contribution in [0.5, 0.6) is 28.7 Å². The summed E-state index contributed by atoms with van der Waals surface area (Å²) in [6, 6.07) is 7.21. The first-order chi connectivity index (χ1) is 19.2. The van der Waals surface area contributed by atoms with Crippen molar-refractivity contribution in [3.8, 4) is 28.7 Å². The van der Waals surface area contributed by atoms with Gasteiger partial charge >= 0.3 is 0 Å². The molecule has 8 heteroatoms. The molecule has 0 saturated heterocycles. The number of methoxy groups -OCH3 is 5. The molecule has 0 fully saturated rings. The van der Waals surface area contributed by atoms with Crippen molar-refractivity contribution in [1.82, 2.24) is 0 Å². The third kappa shape index (κ3) is 9.03. The molecule has 0 heterocycles. The van der Waals surface area contributed by atoms with E-state index in [2.05, 4.69) is 26.5 Å². The molecule has 0 aromatic heterocycles. The van der Waals surface area contributed by atoms with E-state index in [1.807, 2.05) is 19.1 Å². The highest BCUT2D eigenvalue weighted by Crippen LogP contribution is 2.42. The van der Waals surface area contributed by atoms with Crippen LogP contribution in [0, 0.1) is 5.92 Å². The predicted octanol–water partition coefficient (Wildman–Crippen LogP) is 6.58. The lowest BCUT2D eigenvalue weighted by molar-refractivity contribution is 0.0456. The van der Waals surface area contributed by atoms with Crippen molar-refractivity contribution in [1.29, 1.82) is 0 Å². The molecule has 1 atom stereocenters. The fourth-order valence-electron chi connectivity index (χ4n) is 4.35. The van der Waals surface area contributed by atoms with Gasteiger partial charge in [0.2, 0.25) is 0 Å². The number of Topliss-reactive ketones (excluding diaryl/α,β-unsaturated/α-hetero) is 1. The zero-order valence-corrected chi connectivity index (χ0v) is 25.2. The highest BCUT2D eigenvalue weighted by molar-refractivity contribution is 6.02. The Morgan fingerprint density at radius 1 is 0.875 bits per heavy atom. The second-order valence-electron chi connectivity index (χ2n) is 9.73. The van der Waals surface area contributed by atoms with E-state index >= 15 is 0 Å². The van der Waals surface area contributed by atoms with E-state index in [0.29, 0.717) is 47.2 Å². The Labute approximate surface area is 238 Å². The first-order valence-electron chi connectivity index (χ1n) is 13.2. The van der Waals surface area contributed by atoms with E-state index in [1.165, 1.54) is 12.7 Å². The minimum absolute atomic E-state index is 0.0643. The molecule has 0 bridgehead atoms. The van der Waals surface area contributed by atoms with E-state index in [-0.39, 0.29) is 31.7 Å². The van der Waals surface area contributed by atoms with Crippen molar-refractivity contribution in [2.45, 2.75) is 46.5 Å². The molecular formula is C32H44O8. The van der Waals surface area contributed by atoms with Gasteiger partial charge in [0.05, 0.1) is 21.3 Å². The van der Waals surface area contributed by atoms with Crippen LogP contribution < -0.4 is 23.7 Å². The number of benzene rings is 2. The molecule has 0 aliphatic carbocycles. The zero-order valence-electron chi connectivity index (χ0n) is 25.2. The molecule has 1 unspecified atom stereocenters. The van der Waals surface area contributed by atoms with Crippen LogP contribution in [0.25, 0.3) is 0 Å². The molecule has 0 amide bonds. The number of ether oxygens (including phenoxy) is 7. The van der Waals surface area contributed by atoms with Crippen LogP contribution >= 0.6 is 0 Å².